The van der Waals surface area contributed by atoms with E-state index in [1.54, 1.807) is 6.92 Å². The van der Waals surface area contributed by atoms with E-state index in [0.29, 0.717) is 5.41 Å². The van der Waals surface area contributed by atoms with Gasteiger partial charge in [0.2, 0.25) is 0 Å². The van der Waals surface area contributed by atoms with Crippen molar-refractivity contribution in [1.29, 1.82) is 0 Å². The minimum atomic E-state index is -0.467. The molecule has 0 aliphatic heterocycles. The molecule has 0 heterocycles. The Balaban J connectivity index is 3.46. The van der Waals surface area contributed by atoms with Gasteiger partial charge in [0.05, 0.1) is 0 Å². The van der Waals surface area contributed by atoms with E-state index in [2.05, 4.69) is 20.8 Å². The molecule has 2 heteroatoms. The molecule has 1 radical (unpaired) electrons. The van der Waals surface area contributed by atoms with E-state index >= 15 is 0 Å². The molecule has 0 aromatic heterocycles. The summed E-state index contributed by atoms with van der Waals surface area (Å²) in [6.07, 6.45) is 1.15. The lowest BCUT2D eigenvalue weighted by Crippen LogP contribution is -2.14. The van der Waals surface area contributed by atoms with Crippen LogP contribution in [0.1, 0.15) is 34.1 Å². The Morgan fingerprint density at radius 2 is 2.00 bits per heavy atom. The van der Waals surface area contributed by atoms with Crippen LogP contribution in [0, 0.1) is 5.41 Å². The number of hydrogen-bond donors (Lipinski definition) is 0. The van der Waals surface area contributed by atoms with Crippen molar-refractivity contribution >= 4 is 11.8 Å². The van der Waals surface area contributed by atoms with Crippen LogP contribution in [-0.2, 0) is 5.11 Å². The Labute approximate surface area is 68.2 Å². The third-order valence-corrected chi connectivity index (χ3v) is 3.08. The number of hydrogen-bond acceptors (Lipinski definition) is 1. The van der Waals surface area contributed by atoms with Gasteiger partial charge in [0.15, 0.2) is 0 Å². The maximum Gasteiger partial charge on any atom is 0.136 e. The second-order valence-electron chi connectivity index (χ2n) is 3.40. The van der Waals surface area contributed by atoms with Crippen LogP contribution in [0.25, 0.3) is 0 Å². The third kappa shape index (κ3) is 5.12. The fraction of sp³-hybridized carbons (Fsp3) is 1.00. The van der Waals surface area contributed by atoms with Crippen LogP contribution in [0.15, 0.2) is 0 Å². The molecule has 0 N–H and O–H groups in total. The second-order valence-corrected chi connectivity index (χ2v) is 4.68. The van der Waals surface area contributed by atoms with E-state index in [4.69, 9.17) is 0 Å². The van der Waals surface area contributed by atoms with Crippen molar-refractivity contribution in [2.75, 3.05) is 5.75 Å². The lowest BCUT2D eigenvalue weighted by atomic mass is 9.93. The Kier molecular flexibility index (Phi) is 4.37. The van der Waals surface area contributed by atoms with Crippen molar-refractivity contribution in [2.45, 2.75) is 39.6 Å². The molecule has 0 amide bonds. The molecule has 0 saturated carbocycles. The maximum atomic E-state index is 10.7. The lowest BCUT2D eigenvalue weighted by Gasteiger charge is -2.21. The summed E-state index contributed by atoms with van der Waals surface area (Å²) in [5, 5.41) is 10.7. The minimum Gasteiger partial charge on any atom is -0.222 e. The van der Waals surface area contributed by atoms with E-state index in [1.807, 2.05) is 0 Å². The monoisotopic (exact) mass is 161 g/mol. The van der Waals surface area contributed by atoms with Gasteiger partial charge >= 0.3 is 0 Å². The zero-order valence-corrected chi connectivity index (χ0v) is 8.12. The van der Waals surface area contributed by atoms with E-state index in [9.17, 15) is 5.11 Å². The zero-order valence-electron chi connectivity index (χ0n) is 7.31. The third-order valence-electron chi connectivity index (χ3n) is 1.67. The highest BCUT2D eigenvalue weighted by molar-refractivity contribution is 7.99. The van der Waals surface area contributed by atoms with Crippen LogP contribution in [0.3, 0.4) is 0 Å². The molecule has 0 aliphatic rings. The first-order chi connectivity index (χ1) is 4.48. The molecular weight excluding hydrogens is 144 g/mol. The van der Waals surface area contributed by atoms with E-state index in [1.165, 1.54) is 11.8 Å². The van der Waals surface area contributed by atoms with Crippen molar-refractivity contribution in [3.63, 3.8) is 0 Å². The highest BCUT2D eigenvalue weighted by Gasteiger charge is 2.15. The van der Waals surface area contributed by atoms with Crippen LogP contribution in [0.5, 0.6) is 0 Å². The van der Waals surface area contributed by atoms with Crippen molar-refractivity contribution in [3.8, 4) is 0 Å². The molecule has 0 aromatic carbocycles. The molecule has 1 unspecified atom stereocenters. The molecule has 0 rings (SSSR count). The SMILES string of the molecule is CCC(C)(C)CSC(C)[O]. The number of thioether (sulfide) groups is 1. The molecule has 61 valence electrons. The molecule has 1 atom stereocenters. The predicted molar refractivity (Wildman–Crippen MR) is 46.7 cm³/mol. The first kappa shape index (κ1) is 10.3. The highest BCUT2D eigenvalue weighted by atomic mass is 32.2. The summed E-state index contributed by atoms with van der Waals surface area (Å²) in [5.41, 5.74) is -0.130. The van der Waals surface area contributed by atoms with Crippen molar-refractivity contribution in [3.05, 3.63) is 0 Å². The smallest absolute Gasteiger partial charge is 0.136 e. The van der Waals surface area contributed by atoms with Crippen LogP contribution >= 0.6 is 11.8 Å². The van der Waals surface area contributed by atoms with Gasteiger partial charge in [0, 0.05) is 5.75 Å². The topological polar surface area (TPSA) is 19.9 Å². The fourth-order valence-electron chi connectivity index (χ4n) is 0.445. The van der Waals surface area contributed by atoms with Crippen molar-refractivity contribution < 1.29 is 5.11 Å². The molecule has 0 spiro atoms. The normalized spacial score (nSPS) is 15.3. The Bertz CT molecular complexity index is 89.3. The highest BCUT2D eigenvalue weighted by Crippen LogP contribution is 2.26. The van der Waals surface area contributed by atoms with Gasteiger partial charge in [-0.3, -0.25) is 0 Å². The number of rotatable bonds is 4. The Morgan fingerprint density at radius 1 is 1.50 bits per heavy atom. The fourth-order valence-corrected chi connectivity index (χ4v) is 1.34. The van der Waals surface area contributed by atoms with Crippen molar-refractivity contribution in [1.82, 2.24) is 0 Å². The quantitative estimate of drug-likeness (QED) is 0.580. The molecule has 0 fully saturated rings. The summed E-state index contributed by atoms with van der Waals surface area (Å²) in [7, 11) is 0. The molecule has 10 heavy (non-hydrogen) atoms. The van der Waals surface area contributed by atoms with Gasteiger partial charge in [-0.15, -0.1) is 11.8 Å². The van der Waals surface area contributed by atoms with Gasteiger partial charge in [-0.25, -0.2) is 5.11 Å². The van der Waals surface area contributed by atoms with E-state index in [-0.39, 0.29) is 0 Å². The first-order valence-electron chi connectivity index (χ1n) is 3.75. The molecular formula is C8H17OS. The maximum absolute atomic E-state index is 10.7. The molecule has 0 bridgehead atoms. The lowest BCUT2D eigenvalue weighted by molar-refractivity contribution is 0.180. The summed E-state index contributed by atoms with van der Waals surface area (Å²) >= 11 is 1.51. The summed E-state index contributed by atoms with van der Waals surface area (Å²) < 4.78 is 0. The molecule has 1 nitrogen and oxygen atoms in total. The van der Waals surface area contributed by atoms with Crippen LogP contribution in [0.4, 0.5) is 0 Å². The molecule has 0 aromatic rings. The summed E-state index contributed by atoms with van der Waals surface area (Å²) in [5.74, 6) is 0.980. The van der Waals surface area contributed by atoms with Gasteiger partial charge in [0.1, 0.15) is 5.44 Å². The standard InChI is InChI=1S/C8H17OS/c1-5-8(3,4)6-10-7(2)9/h7H,5-6H2,1-4H3. The van der Waals surface area contributed by atoms with E-state index in [0.717, 1.165) is 12.2 Å². The zero-order chi connectivity index (χ0) is 8.20. The Hall–Kier alpha value is 0.310. The average Bonchev–Trinajstić information content (AvgIpc) is 1.85. The first-order valence-corrected chi connectivity index (χ1v) is 4.80. The Morgan fingerprint density at radius 3 is 2.30 bits per heavy atom. The largest absolute Gasteiger partial charge is 0.222 e. The minimum absolute atomic E-state index is 0.337. The average molecular weight is 161 g/mol. The van der Waals surface area contributed by atoms with Crippen LogP contribution in [0.2, 0.25) is 0 Å². The van der Waals surface area contributed by atoms with E-state index < -0.39 is 5.44 Å². The second kappa shape index (κ2) is 4.24. The predicted octanol–water partition coefficient (Wildman–Crippen LogP) is 2.93. The van der Waals surface area contributed by atoms with Crippen LogP contribution in [-0.4, -0.2) is 11.2 Å². The van der Waals surface area contributed by atoms with Gasteiger partial charge < -0.3 is 0 Å². The van der Waals surface area contributed by atoms with Gasteiger partial charge in [0.25, 0.3) is 0 Å². The van der Waals surface area contributed by atoms with Crippen molar-refractivity contribution in [2.24, 2.45) is 5.41 Å². The molecule has 0 aliphatic carbocycles. The summed E-state index contributed by atoms with van der Waals surface area (Å²) in [6, 6.07) is 0. The van der Waals surface area contributed by atoms with Gasteiger partial charge in [-0.1, -0.05) is 27.2 Å². The van der Waals surface area contributed by atoms with Gasteiger partial charge in [-0.2, -0.15) is 0 Å². The molecule has 0 saturated heterocycles. The van der Waals surface area contributed by atoms with Crippen LogP contribution < -0.4 is 0 Å². The summed E-state index contributed by atoms with van der Waals surface area (Å²) in [4.78, 5) is 0. The van der Waals surface area contributed by atoms with Gasteiger partial charge in [-0.05, 0) is 12.3 Å². The summed E-state index contributed by atoms with van der Waals surface area (Å²) in [6.45, 7) is 8.26.